The molecule has 1 aromatic heterocycles. The summed E-state index contributed by atoms with van der Waals surface area (Å²) in [5.41, 5.74) is 6.07. The van der Waals surface area contributed by atoms with Gasteiger partial charge in [-0.15, -0.1) is 11.8 Å². The molecule has 0 saturated heterocycles. The van der Waals surface area contributed by atoms with Gasteiger partial charge in [0.25, 0.3) is 5.91 Å². The summed E-state index contributed by atoms with van der Waals surface area (Å²) in [7, 11) is 4.02. The number of likely N-dealkylation sites (N-methyl/N-ethyl adjacent to an activating group) is 1. The molecule has 1 aliphatic rings. The maximum atomic E-state index is 12.8. The molecule has 3 aromatic rings. The summed E-state index contributed by atoms with van der Waals surface area (Å²) in [4.78, 5) is 42.4. The lowest BCUT2D eigenvalue weighted by Crippen LogP contribution is -2.31. The number of aromatic nitrogens is 2. The predicted molar refractivity (Wildman–Crippen MR) is 178 cm³/mol. The molecule has 232 valence electrons. The molecule has 0 aliphatic carbocycles. The van der Waals surface area contributed by atoms with Gasteiger partial charge >= 0.3 is 0 Å². The molecule has 0 unspecified atom stereocenters. The highest BCUT2D eigenvalue weighted by Gasteiger charge is 2.19. The quantitative estimate of drug-likeness (QED) is 0.156. The fraction of sp³-hybridized carbons (Fsp3) is 0.333. The molecule has 2 N–H and O–H groups in total. The molecule has 0 fully saturated rings. The molecule has 2 aromatic carbocycles. The number of aryl methyl sites for hydroxylation is 1. The Balaban J connectivity index is 1.53. The van der Waals surface area contributed by atoms with E-state index in [1.54, 1.807) is 22.9 Å². The van der Waals surface area contributed by atoms with Gasteiger partial charge in [-0.25, -0.2) is 4.98 Å². The fourth-order valence-corrected chi connectivity index (χ4v) is 5.91. The fourth-order valence-electron chi connectivity index (χ4n) is 5.23. The summed E-state index contributed by atoms with van der Waals surface area (Å²) in [6.07, 6.45) is 10.5. The lowest BCUT2D eigenvalue weighted by atomic mass is 9.99. The summed E-state index contributed by atoms with van der Waals surface area (Å²) in [5.74, 6) is 0.595. The Hall–Kier alpha value is -4.19. The van der Waals surface area contributed by atoms with Gasteiger partial charge in [0.05, 0.1) is 18.8 Å². The van der Waals surface area contributed by atoms with Crippen molar-refractivity contribution >= 4 is 47.2 Å². The molecule has 0 atom stereocenters. The number of nitrogens with zero attached hydrogens (tertiary/aromatic N) is 6. The molecule has 0 spiro atoms. The van der Waals surface area contributed by atoms with Crippen molar-refractivity contribution in [3.63, 3.8) is 0 Å². The van der Waals surface area contributed by atoms with E-state index in [1.807, 2.05) is 61.7 Å². The van der Waals surface area contributed by atoms with Crippen LogP contribution in [-0.2, 0) is 29.1 Å². The number of anilines is 4. The number of fused-ring (bicyclic) bond motifs is 1. The van der Waals surface area contributed by atoms with Crippen molar-refractivity contribution in [1.82, 2.24) is 19.8 Å². The summed E-state index contributed by atoms with van der Waals surface area (Å²) in [5, 5.41) is 12.9. The first kappa shape index (κ1) is 32.7. The molecule has 44 heavy (non-hydrogen) atoms. The minimum atomic E-state index is -0.204. The van der Waals surface area contributed by atoms with Crippen LogP contribution in [0.2, 0.25) is 0 Å². The first-order valence-electron chi connectivity index (χ1n) is 14.5. The average molecular weight is 616 g/mol. The lowest BCUT2D eigenvalue weighted by molar-refractivity contribution is -0.114. The SMILES string of the molecule is C=CC(=O)N(C/C=C/N(C)Cc1cnc(Nc2ccc3c(c2)CCN(C)C3)nc1N(C=O)CCO)c1c(C)cccc1SC. The zero-order valence-corrected chi connectivity index (χ0v) is 26.7. The van der Waals surface area contributed by atoms with Crippen LogP contribution in [-0.4, -0.2) is 83.8 Å². The molecular formula is C33H41N7O3S. The number of thioether (sulfide) groups is 1. The van der Waals surface area contributed by atoms with Gasteiger partial charge < -0.3 is 25.1 Å². The summed E-state index contributed by atoms with van der Waals surface area (Å²) >= 11 is 1.59. The molecule has 11 heteroatoms. The number of hydrogen-bond acceptors (Lipinski definition) is 9. The zero-order valence-electron chi connectivity index (χ0n) is 25.9. The van der Waals surface area contributed by atoms with Crippen LogP contribution in [0.5, 0.6) is 0 Å². The van der Waals surface area contributed by atoms with Gasteiger partial charge in [-0.3, -0.25) is 14.5 Å². The van der Waals surface area contributed by atoms with Gasteiger partial charge in [-0.1, -0.05) is 24.8 Å². The number of aliphatic hydroxyl groups is 1. The van der Waals surface area contributed by atoms with Gasteiger partial charge in [0, 0.05) is 55.6 Å². The number of rotatable bonds is 14. The van der Waals surface area contributed by atoms with Crippen LogP contribution in [0.3, 0.4) is 0 Å². The van der Waals surface area contributed by atoms with Crippen LogP contribution in [0.4, 0.5) is 23.1 Å². The van der Waals surface area contributed by atoms with Crippen molar-refractivity contribution in [2.75, 3.05) is 61.7 Å². The average Bonchev–Trinajstić information content (AvgIpc) is 3.02. The van der Waals surface area contributed by atoms with E-state index in [9.17, 15) is 14.7 Å². The molecule has 0 saturated carbocycles. The number of carbonyl (C=O) groups excluding carboxylic acids is 2. The maximum Gasteiger partial charge on any atom is 0.250 e. The van der Waals surface area contributed by atoms with E-state index >= 15 is 0 Å². The van der Waals surface area contributed by atoms with E-state index in [0.29, 0.717) is 36.8 Å². The van der Waals surface area contributed by atoms with Crippen molar-refractivity contribution in [3.05, 3.63) is 89.8 Å². The van der Waals surface area contributed by atoms with Gasteiger partial charge in [0.2, 0.25) is 12.4 Å². The summed E-state index contributed by atoms with van der Waals surface area (Å²) in [6.45, 7) is 8.26. The van der Waals surface area contributed by atoms with Crippen molar-refractivity contribution in [1.29, 1.82) is 0 Å². The molecule has 1 aliphatic heterocycles. The third-order valence-electron chi connectivity index (χ3n) is 7.45. The zero-order chi connectivity index (χ0) is 31.6. The molecule has 0 radical (unpaired) electrons. The third-order valence-corrected chi connectivity index (χ3v) is 8.22. The number of benzene rings is 2. The first-order chi connectivity index (χ1) is 21.3. The van der Waals surface area contributed by atoms with E-state index in [1.165, 1.54) is 22.1 Å². The van der Waals surface area contributed by atoms with Crippen LogP contribution in [0.25, 0.3) is 0 Å². The van der Waals surface area contributed by atoms with Crippen molar-refractivity contribution in [3.8, 4) is 0 Å². The molecule has 4 rings (SSSR count). The highest BCUT2D eigenvalue weighted by molar-refractivity contribution is 7.98. The van der Waals surface area contributed by atoms with E-state index < -0.39 is 0 Å². The number of amides is 2. The van der Waals surface area contributed by atoms with Crippen molar-refractivity contribution in [2.24, 2.45) is 0 Å². The number of hydrogen-bond donors (Lipinski definition) is 2. The number of nitrogens with one attached hydrogen (secondary N) is 1. The Morgan fingerprint density at radius 1 is 1.25 bits per heavy atom. The second kappa shape index (κ2) is 15.5. The number of para-hydroxylation sites is 1. The molecule has 2 heterocycles. The smallest absolute Gasteiger partial charge is 0.250 e. The van der Waals surface area contributed by atoms with Crippen LogP contribution >= 0.6 is 11.8 Å². The highest BCUT2D eigenvalue weighted by Crippen LogP contribution is 2.32. The summed E-state index contributed by atoms with van der Waals surface area (Å²) in [6, 6.07) is 12.2. The number of aliphatic hydroxyl groups excluding tert-OH is 1. The van der Waals surface area contributed by atoms with E-state index in [0.717, 1.165) is 41.3 Å². The molecule has 2 amide bonds. The third kappa shape index (κ3) is 8.04. The Labute approximate surface area is 264 Å². The minimum absolute atomic E-state index is 0.103. The second-order valence-electron chi connectivity index (χ2n) is 10.7. The lowest BCUT2D eigenvalue weighted by Gasteiger charge is -2.25. The second-order valence-corrected chi connectivity index (χ2v) is 11.6. The largest absolute Gasteiger partial charge is 0.395 e. The van der Waals surface area contributed by atoms with Gasteiger partial charge in [0.1, 0.15) is 5.82 Å². The minimum Gasteiger partial charge on any atom is -0.395 e. The van der Waals surface area contributed by atoms with Gasteiger partial charge in [0.15, 0.2) is 0 Å². The standard InChI is InChI=1S/C33H41N7O3S/c1-6-30(43)40(31-24(2)9-7-10-29(31)44-5)15-8-14-37(3)22-27-20-34-33(36-32(27)39(23-42)17-18-41)35-28-12-11-26-21-38(4)16-13-25(26)19-28/h6-12,14,19-20,23,41H,1,13,15-18,21-22H2,2-5H3,(H,34,35,36)/b14-8+. The van der Waals surface area contributed by atoms with E-state index in [2.05, 4.69) is 45.9 Å². The molecule has 0 bridgehead atoms. The Kier molecular flexibility index (Phi) is 11.5. The Bertz CT molecular complexity index is 1510. The normalized spacial score (nSPS) is 12.9. The topological polar surface area (TPSA) is 105 Å². The highest BCUT2D eigenvalue weighted by atomic mass is 32.2. The predicted octanol–water partition coefficient (Wildman–Crippen LogP) is 4.36. The van der Waals surface area contributed by atoms with Crippen LogP contribution in [0, 0.1) is 6.92 Å². The molecule has 10 nitrogen and oxygen atoms in total. The van der Waals surface area contributed by atoms with Gasteiger partial charge in [-0.2, -0.15) is 4.98 Å². The molecular weight excluding hydrogens is 574 g/mol. The van der Waals surface area contributed by atoms with Crippen molar-refractivity contribution < 1.29 is 14.7 Å². The van der Waals surface area contributed by atoms with Gasteiger partial charge in [-0.05, 0) is 79.9 Å². The van der Waals surface area contributed by atoms with Crippen molar-refractivity contribution in [2.45, 2.75) is 31.3 Å². The van der Waals surface area contributed by atoms with Crippen LogP contribution < -0.4 is 15.1 Å². The van der Waals surface area contributed by atoms with Crippen LogP contribution in [0.15, 0.2) is 72.4 Å². The van der Waals surface area contributed by atoms with E-state index in [4.69, 9.17) is 0 Å². The Morgan fingerprint density at radius 2 is 2.07 bits per heavy atom. The maximum absolute atomic E-state index is 12.8. The summed E-state index contributed by atoms with van der Waals surface area (Å²) < 4.78 is 0. The Morgan fingerprint density at radius 3 is 2.80 bits per heavy atom. The van der Waals surface area contributed by atoms with Crippen LogP contribution in [0.1, 0.15) is 22.3 Å². The first-order valence-corrected chi connectivity index (χ1v) is 15.7. The number of carbonyl (C=O) groups is 2. The monoisotopic (exact) mass is 615 g/mol. The van der Waals surface area contributed by atoms with E-state index in [-0.39, 0.29) is 19.1 Å².